The van der Waals surface area contributed by atoms with E-state index >= 15 is 4.39 Å². The Morgan fingerprint density at radius 3 is 2.53 bits per heavy atom. The summed E-state index contributed by atoms with van der Waals surface area (Å²) in [6, 6.07) is 9.06. The summed E-state index contributed by atoms with van der Waals surface area (Å²) in [5.74, 6) is -2.59. The number of aliphatic hydroxyl groups is 1. The fourth-order valence-corrected chi connectivity index (χ4v) is 6.05. The van der Waals surface area contributed by atoms with Crippen LogP contribution in [-0.2, 0) is 15.8 Å². The predicted molar refractivity (Wildman–Crippen MR) is 160 cm³/mol. The van der Waals surface area contributed by atoms with Crippen LogP contribution in [0.5, 0.6) is 23.0 Å². The summed E-state index contributed by atoms with van der Waals surface area (Å²) < 4.78 is 89.8. The van der Waals surface area contributed by atoms with Crippen LogP contribution in [0.4, 0.5) is 22.0 Å². The number of halogens is 5. The molecule has 2 aliphatic heterocycles. The predicted octanol–water partition coefficient (Wildman–Crippen LogP) is 4.78. The summed E-state index contributed by atoms with van der Waals surface area (Å²) in [4.78, 5) is 34.8. The average molecular weight is 687 g/mol. The maximum atomic E-state index is 16.3. The van der Waals surface area contributed by atoms with Crippen LogP contribution in [0.1, 0.15) is 46.9 Å². The molecule has 49 heavy (non-hydrogen) atoms. The molecule has 256 valence electrons. The molecule has 16 heteroatoms. The topological polar surface area (TPSA) is 155 Å². The Hall–Kier alpha value is -5.25. The lowest BCUT2D eigenvalue weighted by Crippen LogP contribution is -2.49. The normalized spacial score (nSPS) is 20.8. The van der Waals surface area contributed by atoms with E-state index in [0.29, 0.717) is 10.9 Å². The van der Waals surface area contributed by atoms with E-state index in [1.807, 2.05) is 0 Å². The van der Waals surface area contributed by atoms with E-state index in [1.54, 1.807) is 13.0 Å². The van der Waals surface area contributed by atoms with E-state index in [-0.39, 0.29) is 76.0 Å². The molecule has 0 saturated heterocycles. The number of alkyl halides is 5. The van der Waals surface area contributed by atoms with E-state index in [0.717, 1.165) is 6.07 Å². The number of nitrogens with two attached hydrogens (primary N) is 1. The molecule has 0 spiro atoms. The SMILES string of the molecule is Cc1cnc2c(OC(F)F)cc(C(=O)NCC(O)(c3cc4c(c(-c5ccc6c(c5)OC(F)(F)O6)n3)OC[C@]4(C)C(N)=O)C3(F)CC3)cc2c1. The molecule has 0 bridgehead atoms. The molecule has 7 rings (SSSR count). The standard InChI is InChI=1S/C33H27F5N4O7/c1-15-7-17-8-18(10-22(47-29(34)35)24(17)40-12-15)27(43)41-13-32(45,31(36)5-6-31)23-11-19-26(46-14-30(19,2)28(39)44)25(42-23)16-3-4-20-21(9-16)49-33(37,38)48-20/h3-4,7-12,29,45H,5-6,13-14H2,1-2H3,(H2,39,44)(H,41,43)/t30-,32?/m0/s1. The Kier molecular flexibility index (Phi) is 7.17. The van der Waals surface area contributed by atoms with Crippen molar-refractivity contribution < 1.29 is 55.6 Å². The van der Waals surface area contributed by atoms with Gasteiger partial charge in [-0.05, 0) is 74.7 Å². The van der Waals surface area contributed by atoms with E-state index < -0.39 is 48.0 Å². The molecule has 11 nitrogen and oxygen atoms in total. The number of ether oxygens (including phenoxy) is 4. The number of pyridine rings is 2. The lowest BCUT2D eigenvalue weighted by atomic mass is 9.80. The van der Waals surface area contributed by atoms with Gasteiger partial charge in [0.05, 0.1) is 12.2 Å². The molecule has 3 aliphatic rings. The maximum Gasteiger partial charge on any atom is 0.586 e. The van der Waals surface area contributed by atoms with Crippen molar-refractivity contribution in [3.63, 3.8) is 0 Å². The number of rotatable bonds is 9. The highest BCUT2D eigenvalue weighted by Crippen LogP contribution is 2.55. The quantitative estimate of drug-likeness (QED) is 0.211. The summed E-state index contributed by atoms with van der Waals surface area (Å²) >= 11 is 0. The number of benzene rings is 2. The lowest BCUT2D eigenvalue weighted by Gasteiger charge is -2.33. The van der Waals surface area contributed by atoms with Gasteiger partial charge in [-0.15, -0.1) is 8.78 Å². The Balaban J connectivity index is 1.30. The third-order valence-corrected chi connectivity index (χ3v) is 9.01. The second-order valence-electron chi connectivity index (χ2n) is 12.5. The summed E-state index contributed by atoms with van der Waals surface area (Å²) in [7, 11) is 0. The molecule has 1 aliphatic carbocycles. The smallest absolute Gasteiger partial charge is 0.489 e. The summed E-state index contributed by atoms with van der Waals surface area (Å²) in [5.41, 5.74) is -0.0325. The van der Waals surface area contributed by atoms with Crippen LogP contribution in [0.3, 0.4) is 0 Å². The van der Waals surface area contributed by atoms with Gasteiger partial charge in [0.25, 0.3) is 5.91 Å². The van der Waals surface area contributed by atoms with Crippen molar-refractivity contribution in [2.75, 3.05) is 13.2 Å². The van der Waals surface area contributed by atoms with Crippen molar-refractivity contribution in [1.82, 2.24) is 15.3 Å². The lowest BCUT2D eigenvalue weighted by molar-refractivity contribution is -0.286. The first-order chi connectivity index (χ1) is 23.0. The van der Waals surface area contributed by atoms with Crippen molar-refractivity contribution in [2.24, 2.45) is 5.73 Å². The third kappa shape index (κ3) is 5.39. The fraction of sp³-hybridized carbons (Fsp3) is 0.333. The number of primary amides is 1. The zero-order valence-electron chi connectivity index (χ0n) is 25.8. The van der Waals surface area contributed by atoms with E-state index in [4.69, 9.17) is 10.5 Å². The molecule has 1 saturated carbocycles. The molecule has 1 unspecified atom stereocenters. The van der Waals surface area contributed by atoms with Crippen LogP contribution in [0.2, 0.25) is 0 Å². The first-order valence-electron chi connectivity index (χ1n) is 15.0. The number of aromatic nitrogens is 2. The summed E-state index contributed by atoms with van der Waals surface area (Å²) in [5, 5.41) is 14.9. The number of nitrogens with one attached hydrogen (secondary N) is 1. The first kappa shape index (κ1) is 32.3. The highest BCUT2D eigenvalue weighted by molar-refractivity contribution is 6.00. The minimum absolute atomic E-state index is 0.0393. The molecule has 2 amide bonds. The number of carbonyl (C=O) groups is 2. The minimum atomic E-state index is -3.92. The van der Waals surface area contributed by atoms with Gasteiger partial charge in [-0.25, -0.2) is 9.37 Å². The van der Waals surface area contributed by atoms with Gasteiger partial charge in [0.2, 0.25) is 5.91 Å². The van der Waals surface area contributed by atoms with E-state index in [1.165, 1.54) is 43.5 Å². The zero-order valence-corrected chi connectivity index (χ0v) is 25.8. The third-order valence-electron chi connectivity index (χ3n) is 9.01. The second kappa shape index (κ2) is 10.9. The molecular weight excluding hydrogens is 659 g/mol. The van der Waals surface area contributed by atoms with Crippen molar-refractivity contribution in [3.05, 3.63) is 71.0 Å². The van der Waals surface area contributed by atoms with Crippen LogP contribution >= 0.6 is 0 Å². The van der Waals surface area contributed by atoms with Gasteiger partial charge >= 0.3 is 12.9 Å². The first-order valence-corrected chi connectivity index (χ1v) is 15.0. The van der Waals surface area contributed by atoms with Gasteiger partial charge in [0.1, 0.15) is 34.7 Å². The summed E-state index contributed by atoms with van der Waals surface area (Å²) in [6.45, 7) is -1.02. The van der Waals surface area contributed by atoms with Crippen molar-refractivity contribution in [2.45, 2.75) is 56.3 Å². The van der Waals surface area contributed by atoms with Crippen molar-refractivity contribution in [3.8, 4) is 34.3 Å². The Bertz CT molecular complexity index is 2060. The van der Waals surface area contributed by atoms with Crippen LogP contribution in [0.25, 0.3) is 22.2 Å². The van der Waals surface area contributed by atoms with Gasteiger partial charge in [-0.1, -0.05) is 0 Å². The highest BCUT2D eigenvalue weighted by atomic mass is 19.3. The summed E-state index contributed by atoms with van der Waals surface area (Å²) in [6.07, 6.45) is -2.72. The fourth-order valence-electron chi connectivity index (χ4n) is 6.05. The number of aryl methyl sites for hydroxylation is 1. The number of fused-ring (bicyclic) bond motifs is 3. The van der Waals surface area contributed by atoms with Crippen molar-refractivity contribution >= 4 is 22.7 Å². The minimum Gasteiger partial charge on any atom is -0.489 e. The Morgan fingerprint density at radius 2 is 1.84 bits per heavy atom. The number of carbonyl (C=O) groups excluding carboxylic acids is 2. The van der Waals surface area contributed by atoms with Gasteiger partial charge in [-0.2, -0.15) is 8.78 Å². The molecule has 4 aromatic rings. The molecule has 4 heterocycles. The number of amides is 2. The Labute approximate surface area is 274 Å². The number of hydrogen-bond acceptors (Lipinski definition) is 9. The van der Waals surface area contributed by atoms with Crippen molar-refractivity contribution in [1.29, 1.82) is 0 Å². The maximum absolute atomic E-state index is 16.3. The van der Waals surface area contributed by atoms with Gasteiger partial charge in [0.15, 0.2) is 22.8 Å². The average Bonchev–Trinajstić information content (AvgIpc) is 3.59. The molecule has 2 aromatic carbocycles. The van der Waals surface area contributed by atoms with Crippen LogP contribution in [0.15, 0.2) is 48.7 Å². The second-order valence-corrected chi connectivity index (χ2v) is 12.5. The van der Waals surface area contributed by atoms with Crippen LogP contribution < -0.4 is 30.0 Å². The van der Waals surface area contributed by atoms with Crippen LogP contribution in [-0.4, -0.2) is 58.6 Å². The van der Waals surface area contributed by atoms with E-state index in [9.17, 15) is 32.3 Å². The number of hydrogen-bond donors (Lipinski definition) is 3. The van der Waals surface area contributed by atoms with Gasteiger partial charge < -0.3 is 35.1 Å². The highest BCUT2D eigenvalue weighted by Gasteiger charge is 2.62. The van der Waals surface area contributed by atoms with Gasteiger partial charge in [-0.3, -0.25) is 14.6 Å². The molecule has 0 radical (unpaired) electrons. The monoisotopic (exact) mass is 686 g/mol. The Morgan fingerprint density at radius 1 is 1.10 bits per heavy atom. The molecule has 4 N–H and O–H groups in total. The largest absolute Gasteiger partial charge is 0.586 e. The van der Waals surface area contributed by atoms with Gasteiger partial charge in [0, 0.05) is 28.3 Å². The van der Waals surface area contributed by atoms with Crippen LogP contribution in [0, 0.1) is 6.92 Å². The van der Waals surface area contributed by atoms with E-state index in [2.05, 4.69) is 29.5 Å². The molecule has 2 atom stereocenters. The number of nitrogens with zero attached hydrogens (tertiary/aromatic N) is 2. The molecule has 1 fully saturated rings. The molecular formula is C33H27F5N4O7. The zero-order chi connectivity index (χ0) is 35.1. The molecule has 2 aromatic heterocycles.